The monoisotopic (exact) mass is 384 g/mol. The molecule has 5 nitrogen and oxygen atoms in total. The summed E-state index contributed by atoms with van der Waals surface area (Å²) in [7, 11) is 3.51. The summed E-state index contributed by atoms with van der Waals surface area (Å²) >= 11 is 1.74. The normalized spacial score (nSPS) is 11.2. The summed E-state index contributed by atoms with van der Waals surface area (Å²) in [5, 5.41) is 6.60. The lowest BCUT2D eigenvalue weighted by molar-refractivity contribution is 0.0827. The Morgan fingerprint density at radius 1 is 1.00 bits per heavy atom. The molecule has 2 aromatic carbocycles. The van der Waals surface area contributed by atoms with Gasteiger partial charge in [0.15, 0.2) is 5.96 Å². The van der Waals surface area contributed by atoms with Crippen molar-refractivity contribution >= 4 is 23.6 Å². The second kappa shape index (κ2) is 10.6. The van der Waals surface area contributed by atoms with Gasteiger partial charge in [-0.25, -0.2) is 4.99 Å². The summed E-state index contributed by atoms with van der Waals surface area (Å²) in [6.45, 7) is 4.12. The van der Waals surface area contributed by atoms with Gasteiger partial charge in [0.1, 0.15) is 0 Å². The highest BCUT2D eigenvalue weighted by Crippen LogP contribution is 2.15. The topological polar surface area (TPSA) is 56.7 Å². The van der Waals surface area contributed by atoms with Crippen molar-refractivity contribution in [1.29, 1.82) is 0 Å². The molecular formula is C21H28N4OS. The second-order valence-corrected chi connectivity index (χ2v) is 7.17. The minimum Gasteiger partial charge on any atom is -0.357 e. The minimum absolute atomic E-state index is 0.0110. The number of rotatable bonds is 7. The van der Waals surface area contributed by atoms with Crippen molar-refractivity contribution in [3.05, 3.63) is 65.2 Å². The fourth-order valence-electron chi connectivity index (χ4n) is 2.45. The third kappa shape index (κ3) is 6.64. The lowest BCUT2D eigenvalue weighted by atomic mass is 10.1. The Morgan fingerprint density at radius 2 is 1.63 bits per heavy atom. The lowest BCUT2D eigenvalue weighted by Gasteiger charge is -2.13. The number of guanidine groups is 1. The number of carbonyl (C=O) groups is 1. The van der Waals surface area contributed by atoms with Crippen LogP contribution in [0.25, 0.3) is 0 Å². The first-order valence-electron chi connectivity index (χ1n) is 8.99. The molecule has 2 N–H and O–H groups in total. The van der Waals surface area contributed by atoms with Crippen molar-refractivity contribution in [2.45, 2.75) is 24.9 Å². The Kier molecular flexibility index (Phi) is 8.20. The van der Waals surface area contributed by atoms with E-state index >= 15 is 0 Å². The van der Waals surface area contributed by atoms with Gasteiger partial charge in [0.2, 0.25) is 0 Å². The molecule has 0 fully saturated rings. The van der Waals surface area contributed by atoms with Crippen LogP contribution >= 0.6 is 11.8 Å². The van der Waals surface area contributed by atoms with Crippen LogP contribution < -0.4 is 10.6 Å². The van der Waals surface area contributed by atoms with Gasteiger partial charge in [-0.3, -0.25) is 4.79 Å². The largest absolute Gasteiger partial charge is 0.357 e. The Morgan fingerprint density at radius 3 is 2.19 bits per heavy atom. The van der Waals surface area contributed by atoms with Crippen molar-refractivity contribution in [2.75, 3.05) is 26.9 Å². The fourth-order valence-corrected chi connectivity index (χ4v) is 2.86. The van der Waals surface area contributed by atoms with Gasteiger partial charge in [0, 0.05) is 37.6 Å². The Hall–Kier alpha value is -2.47. The van der Waals surface area contributed by atoms with Gasteiger partial charge < -0.3 is 15.5 Å². The number of hydrogen-bond donors (Lipinski definition) is 2. The maximum absolute atomic E-state index is 11.9. The first-order chi connectivity index (χ1) is 13.0. The van der Waals surface area contributed by atoms with E-state index < -0.39 is 0 Å². The van der Waals surface area contributed by atoms with Gasteiger partial charge in [0.05, 0.1) is 6.54 Å². The van der Waals surface area contributed by atoms with Crippen LogP contribution in [0, 0.1) is 0 Å². The zero-order chi connectivity index (χ0) is 19.6. The van der Waals surface area contributed by atoms with E-state index in [1.165, 1.54) is 10.5 Å². The first kappa shape index (κ1) is 20.8. The van der Waals surface area contributed by atoms with E-state index in [1.54, 1.807) is 30.8 Å². The molecule has 1 amide bonds. The number of nitrogens with zero attached hydrogens (tertiary/aromatic N) is 2. The smallest absolute Gasteiger partial charge is 0.253 e. The first-order valence-corrected chi connectivity index (χ1v) is 10.2. The van der Waals surface area contributed by atoms with Crippen LogP contribution in [0.1, 0.15) is 28.4 Å². The van der Waals surface area contributed by atoms with Gasteiger partial charge in [-0.05, 0) is 48.6 Å². The number of hydrogen-bond acceptors (Lipinski definition) is 3. The SMILES string of the molecule is CCNC(=NCc1ccc(SC)cc1)NCc1ccc(C(=O)N(C)C)cc1. The number of aliphatic imine (C=N–C) groups is 1. The zero-order valence-electron chi connectivity index (χ0n) is 16.5. The number of benzene rings is 2. The van der Waals surface area contributed by atoms with Crippen LogP contribution in [0.5, 0.6) is 0 Å². The van der Waals surface area contributed by atoms with E-state index in [4.69, 9.17) is 0 Å². The molecule has 2 rings (SSSR count). The van der Waals surface area contributed by atoms with Crippen LogP contribution in [0.3, 0.4) is 0 Å². The summed E-state index contributed by atoms with van der Waals surface area (Å²) in [5.41, 5.74) is 2.97. The highest BCUT2D eigenvalue weighted by atomic mass is 32.2. The van der Waals surface area contributed by atoms with E-state index in [0.29, 0.717) is 18.7 Å². The van der Waals surface area contributed by atoms with Crippen molar-refractivity contribution in [2.24, 2.45) is 4.99 Å². The van der Waals surface area contributed by atoms with Gasteiger partial charge in [-0.2, -0.15) is 0 Å². The van der Waals surface area contributed by atoms with Gasteiger partial charge in [-0.1, -0.05) is 24.3 Å². The van der Waals surface area contributed by atoms with Crippen molar-refractivity contribution < 1.29 is 4.79 Å². The molecule has 2 aromatic rings. The molecule has 144 valence electrons. The highest BCUT2D eigenvalue weighted by molar-refractivity contribution is 7.98. The molecule has 0 saturated carbocycles. The molecule has 0 atom stereocenters. The van der Waals surface area contributed by atoms with Crippen LogP contribution in [0.4, 0.5) is 0 Å². The third-order valence-corrected chi connectivity index (χ3v) is 4.73. The van der Waals surface area contributed by atoms with Crippen LogP contribution in [-0.2, 0) is 13.1 Å². The van der Waals surface area contributed by atoms with E-state index in [1.807, 2.05) is 31.2 Å². The predicted octanol–water partition coefficient (Wildman–Crippen LogP) is 3.37. The van der Waals surface area contributed by atoms with Gasteiger partial charge in [-0.15, -0.1) is 11.8 Å². The van der Waals surface area contributed by atoms with E-state index in [2.05, 4.69) is 46.1 Å². The highest BCUT2D eigenvalue weighted by Gasteiger charge is 2.07. The van der Waals surface area contributed by atoms with E-state index in [-0.39, 0.29) is 5.91 Å². The maximum atomic E-state index is 11.9. The van der Waals surface area contributed by atoms with Crippen LogP contribution in [0.15, 0.2) is 58.4 Å². The molecule has 0 aromatic heterocycles. The third-order valence-electron chi connectivity index (χ3n) is 3.99. The molecule has 0 aliphatic carbocycles. The summed E-state index contributed by atoms with van der Waals surface area (Å²) < 4.78 is 0. The summed E-state index contributed by atoms with van der Waals surface area (Å²) in [6.07, 6.45) is 2.07. The van der Waals surface area contributed by atoms with E-state index in [0.717, 1.165) is 18.1 Å². The van der Waals surface area contributed by atoms with Crippen LogP contribution in [0.2, 0.25) is 0 Å². The van der Waals surface area contributed by atoms with Crippen LogP contribution in [-0.4, -0.2) is 43.7 Å². The average molecular weight is 385 g/mol. The molecule has 0 saturated heterocycles. The Bertz CT molecular complexity index is 755. The average Bonchev–Trinajstić information content (AvgIpc) is 2.70. The predicted molar refractivity (Wildman–Crippen MR) is 114 cm³/mol. The zero-order valence-corrected chi connectivity index (χ0v) is 17.3. The standard InChI is InChI=1S/C21H28N4OS/c1-5-22-21(24-15-17-8-12-19(27-4)13-9-17)23-14-16-6-10-18(11-7-16)20(26)25(2)3/h6-13H,5,14-15H2,1-4H3,(H2,22,23,24). The minimum atomic E-state index is 0.0110. The lowest BCUT2D eigenvalue weighted by Crippen LogP contribution is -2.36. The van der Waals surface area contributed by atoms with Gasteiger partial charge >= 0.3 is 0 Å². The molecule has 0 spiro atoms. The molecule has 0 radical (unpaired) electrons. The van der Waals surface area contributed by atoms with Crippen molar-refractivity contribution in [3.8, 4) is 0 Å². The molecule has 6 heteroatoms. The molecular weight excluding hydrogens is 356 g/mol. The number of thioether (sulfide) groups is 1. The number of nitrogens with one attached hydrogen (secondary N) is 2. The molecule has 0 heterocycles. The van der Waals surface area contributed by atoms with Crippen molar-refractivity contribution in [3.63, 3.8) is 0 Å². The number of carbonyl (C=O) groups excluding carboxylic acids is 1. The Labute approximate surface area is 166 Å². The molecule has 0 bridgehead atoms. The van der Waals surface area contributed by atoms with Gasteiger partial charge in [0.25, 0.3) is 5.91 Å². The number of amides is 1. The molecule has 27 heavy (non-hydrogen) atoms. The van der Waals surface area contributed by atoms with Crippen molar-refractivity contribution in [1.82, 2.24) is 15.5 Å². The van der Waals surface area contributed by atoms with E-state index in [9.17, 15) is 4.79 Å². The summed E-state index contributed by atoms with van der Waals surface area (Å²) in [5.74, 6) is 0.789. The molecule has 0 aliphatic rings. The maximum Gasteiger partial charge on any atom is 0.253 e. The Balaban J connectivity index is 1.95. The summed E-state index contributed by atoms with van der Waals surface area (Å²) in [6, 6.07) is 16.1. The quantitative estimate of drug-likeness (QED) is 0.437. The summed E-state index contributed by atoms with van der Waals surface area (Å²) in [4.78, 5) is 19.4. The fraction of sp³-hybridized carbons (Fsp3) is 0.333. The second-order valence-electron chi connectivity index (χ2n) is 6.29. The molecule has 0 aliphatic heterocycles. The molecule has 0 unspecified atom stereocenters.